The van der Waals surface area contributed by atoms with Gasteiger partial charge in [0.25, 0.3) is 0 Å². The van der Waals surface area contributed by atoms with Crippen LogP contribution in [0.1, 0.15) is 0 Å². The van der Waals surface area contributed by atoms with Crippen molar-refractivity contribution >= 4 is 7.82 Å². The summed E-state index contributed by atoms with van der Waals surface area (Å²) < 4.78 is 8.88. The molecule has 0 rings (SSSR count). The van der Waals surface area contributed by atoms with Crippen molar-refractivity contribution in [1.29, 1.82) is 0 Å². The zero-order valence-corrected chi connectivity index (χ0v) is 7.95. The molecule has 0 aromatic rings. The third kappa shape index (κ3) is 238. The van der Waals surface area contributed by atoms with Crippen molar-refractivity contribution in [3.05, 3.63) is 0 Å². The van der Waals surface area contributed by atoms with Crippen LogP contribution < -0.4 is 37.2 Å². The van der Waals surface area contributed by atoms with Crippen LogP contribution >= 0.6 is 7.82 Å². The van der Waals surface area contributed by atoms with Crippen LogP contribution in [0.2, 0.25) is 0 Å². The molecule has 9 heteroatoms. The molecule has 0 saturated carbocycles. The van der Waals surface area contributed by atoms with Gasteiger partial charge in [0.2, 0.25) is 0 Å². The number of phosphoric acid groups is 1. The van der Waals surface area contributed by atoms with Gasteiger partial charge >= 0.3 is 24.9 Å². The van der Waals surface area contributed by atoms with E-state index in [-0.39, 0.29) is 54.3 Å². The summed E-state index contributed by atoms with van der Waals surface area (Å²) in [6, 6.07) is 0. The molecular weight excluding hydrogens is 257 g/mol. The molecule has 0 aliphatic carbocycles. The fraction of sp³-hybridized carbons (Fsp3) is 0. The third-order valence-corrected chi connectivity index (χ3v) is 0. The van der Waals surface area contributed by atoms with Gasteiger partial charge in [-0.2, -0.15) is 0 Å². The van der Waals surface area contributed by atoms with Gasteiger partial charge in [-0.15, -0.1) is 0 Å². The first kappa shape index (κ1) is 31.3. The van der Waals surface area contributed by atoms with Crippen LogP contribution in [0.3, 0.4) is 0 Å². The monoisotopic (exact) mass is 259 g/mol. The van der Waals surface area contributed by atoms with Crippen LogP contribution in [0, 0.1) is 0 Å². The Morgan fingerprint density at radius 1 is 0.889 bits per heavy atom. The molecule has 9 heavy (non-hydrogen) atoms. The minimum atomic E-state index is -4.64. The Kier molecular flexibility index (Phi) is 42.5. The zero-order valence-electron chi connectivity index (χ0n) is 3.68. The molecule has 3 N–H and O–H groups in total. The van der Waals surface area contributed by atoms with Gasteiger partial charge in [-0.25, -0.2) is 4.57 Å². The molecule has 0 bridgehead atoms. The molecule has 0 aliphatic heterocycles. The van der Waals surface area contributed by atoms with E-state index in [4.69, 9.17) is 19.2 Å². The Labute approximate surface area is 81.4 Å². The van der Waals surface area contributed by atoms with Crippen LogP contribution in [0.15, 0.2) is 0 Å². The van der Waals surface area contributed by atoms with Gasteiger partial charge < -0.3 is 51.9 Å². The van der Waals surface area contributed by atoms with Gasteiger partial charge in [0.1, 0.15) is 0 Å². The standard InChI is InChI=1S/3ClH.Fe.H3O4P/c;;;;1-5(2,3)4/h3*1H;;(H3,1,2,3,4)/q;;;+3;/p-3. The van der Waals surface area contributed by atoms with Crippen LogP contribution in [0.4, 0.5) is 0 Å². The van der Waals surface area contributed by atoms with Crippen molar-refractivity contribution in [3.63, 3.8) is 0 Å². The summed E-state index contributed by atoms with van der Waals surface area (Å²) in [5.74, 6) is 0. The first-order valence-corrected chi connectivity index (χ1v) is 2.35. The molecule has 0 atom stereocenters. The van der Waals surface area contributed by atoms with E-state index < -0.39 is 7.82 Å². The van der Waals surface area contributed by atoms with Gasteiger partial charge in [0.05, 0.1) is 0 Å². The average Bonchev–Trinajstić information content (AvgIpc) is 0.722. The molecule has 0 aromatic heterocycles. The Bertz CT molecular complexity index is 61.9. The maximum Gasteiger partial charge on any atom is 3.00 e. The number of hydrogen-bond acceptors (Lipinski definition) is 1. The average molecular weight is 260 g/mol. The fourth-order valence-electron chi connectivity index (χ4n) is 0. The maximum absolute atomic E-state index is 8.88. The summed E-state index contributed by atoms with van der Waals surface area (Å²) in [5.41, 5.74) is 0. The molecule has 0 amide bonds. The predicted octanol–water partition coefficient (Wildman–Crippen LogP) is -9.92. The largest absolute Gasteiger partial charge is 3.00 e. The zero-order chi connectivity index (χ0) is 4.50. The molecule has 0 aliphatic rings. The summed E-state index contributed by atoms with van der Waals surface area (Å²) in [6.07, 6.45) is 0. The summed E-state index contributed by atoms with van der Waals surface area (Å²) >= 11 is 0. The minimum absolute atomic E-state index is 0. The van der Waals surface area contributed by atoms with Gasteiger partial charge in [-0.1, -0.05) is 0 Å². The first-order chi connectivity index (χ1) is 2.00. The Morgan fingerprint density at radius 2 is 0.889 bits per heavy atom. The Hall–Kier alpha value is 1.50. The molecule has 0 fully saturated rings. The molecule has 0 saturated heterocycles. The van der Waals surface area contributed by atoms with Gasteiger partial charge in [-0.3, -0.25) is 0 Å². The maximum atomic E-state index is 8.88. The number of halogens is 3. The van der Waals surface area contributed by atoms with Gasteiger partial charge in [0.15, 0.2) is 0 Å². The Balaban J connectivity index is -0.0000000133. The van der Waals surface area contributed by atoms with Crippen molar-refractivity contribution in [1.82, 2.24) is 0 Å². The van der Waals surface area contributed by atoms with Crippen molar-refractivity contribution in [2.24, 2.45) is 0 Å². The summed E-state index contributed by atoms with van der Waals surface area (Å²) in [4.78, 5) is 21.6. The minimum Gasteiger partial charge on any atom is -1.00 e. The van der Waals surface area contributed by atoms with E-state index >= 15 is 0 Å². The SMILES string of the molecule is O=P(O)(O)O.[Cl-].[Cl-].[Cl-].[Fe+3]. The second-order valence-corrected chi connectivity index (χ2v) is 1.54. The van der Waals surface area contributed by atoms with E-state index in [9.17, 15) is 0 Å². The molecule has 0 unspecified atom stereocenters. The normalized spacial score (nSPS) is 6.56. The second-order valence-electron chi connectivity index (χ2n) is 0.513. The van der Waals surface area contributed by atoms with E-state index in [1.807, 2.05) is 0 Å². The van der Waals surface area contributed by atoms with Crippen molar-refractivity contribution in [2.45, 2.75) is 0 Å². The fourth-order valence-corrected chi connectivity index (χ4v) is 0. The Morgan fingerprint density at radius 3 is 0.889 bits per heavy atom. The van der Waals surface area contributed by atoms with Crippen molar-refractivity contribution < 1.29 is 73.5 Å². The first-order valence-electron chi connectivity index (χ1n) is 0.783. The summed E-state index contributed by atoms with van der Waals surface area (Å²) in [6.45, 7) is 0. The molecule has 4 nitrogen and oxygen atoms in total. The molecule has 0 spiro atoms. The van der Waals surface area contributed by atoms with E-state index in [0.717, 1.165) is 0 Å². The smallest absolute Gasteiger partial charge is 1.00 e. The molecular formula is H3Cl3FeO4P. The van der Waals surface area contributed by atoms with Crippen LogP contribution in [-0.2, 0) is 21.6 Å². The second kappa shape index (κ2) is 12.2. The quantitative estimate of drug-likeness (QED) is 0.298. The van der Waals surface area contributed by atoms with E-state index in [1.165, 1.54) is 0 Å². The molecule has 0 heterocycles. The van der Waals surface area contributed by atoms with E-state index in [0.29, 0.717) is 0 Å². The third-order valence-electron chi connectivity index (χ3n) is 0. The topological polar surface area (TPSA) is 77.8 Å². The number of hydrogen-bond donors (Lipinski definition) is 3. The molecule has 0 aromatic carbocycles. The van der Waals surface area contributed by atoms with Crippen LogP contribution in [-0.4, -0.2) is 14.7 Å². The predicted molar refractivity (Wildman–Crippen MR) is 14.3 cm³/mol. The van der Waals surface area contributed by atoms with Gasteiger partial charge in [0, 0.05) is 0 Å². The van der Waals surface area contributed by atoms with Crippen molar-refractivity contribution in [3.8, 4) is 0 Å². The van der Waals surface area contributed by atoms with E-state index in [1.54, 1.807) is 0 Å². The van der Waals surface area contributed by atoms with Crippen LogP contribution in [0.25, 0.3) is 0 Å². The molecule has 61 valence electrons. The van der Waals surface area contributed by atoms with Gasteiger partial charge in [-0.05, 0) is 0 Å². The van der Waals surface area contributed by atoms with Crippen LogP contribution in [0.5, 0.6) is 0 Å². The van der Waals surface area contributed by atoms with Crippen molar-refractivity contribution in [2.75, 3.05) is 0 Å². The summed E-state index contributed by atoms with van der Waals surface area (Å²) in [7, 11) is -4.64. The number of rotatable bonds is 0. The van der Waals surface area contributed by atoms with E-state index in [2.05, 4.69) is 0 Å². The summed E-state index contributed by atoms with van der Waals surface area (Å²) in [5, 5.41) is 0. The molecule has 1 radical (unpaired) electrons.